The van der Waals surface area contributed by atoms with Crippen molar-refractivity contribution in [3.63, 3.8) is 0 Å². The topological polar surface area (TPSA) is 103 Å². The second kappa shape index (κ2) is 11.3. The molecule has 1 unspecified atom stereocenters. The molecule has 1 atom stereocenters. The smallest absolute Gasteiger partial charge is 0.403 e. The Kier molecular flexibility index (Phi) is 7.68. The number of hydrogen-bond donors (Lipinski definition) is 1. The third-order valence-electron chi connectivity index (χ3n) is 8.74. The van der Waals surface area contributed by atoms with Crippen molar-refractivity contribution in [2.24, 2.45) is 5.41 Å². The van der Waals surface area contributed by atoms with Crippen LogP contribution >= 0.6 is 0 Å². The number of carbonyl (C=O) groups excluding carboxylic acids is 1. The number of imidazole rings is 1. The number of pyridine rings is 1. The fourth-order valence-electron chi connectivity index (χ4n) is 5.96. The monoisotopic (exact) mass is 608 g/mol. The normalized spacial score (nSPS) is 17.5. The van der Waals surface area contributed by atoms with Gasteiger partial charge in [0.2, 0.25) is 5.91 Å². The lowest BCUT2D eigenvalue weighted by molar-refractivity contribution is -0.199. The van der Waals surface area contributed by atoms with Crippen molar-refractivity contribution in [3.8, 4) is 17.0 Å². The number of nitrogens with zero attached hydrogens (tertiary/aromatic N) is 7. The Hall–Kier alpha value is -4.26. The van der Waals surface area contributed by atoms with Crippen LogP contribution in [0.3, 0.4) is 0 Å². The number of aromatic amines is 1. The van der Waals surface area contributed by atoms with Gasteiger partial charge in [0.1, 0.15) is 23.3 Å². The number of methoxy groups -OCH3 is 1. The molecular formula is C31H35F3N8O2. The van der Waals surface area contributed by atoms with Crippen LogP contribution in [0.2, 0.25) is 0 Å². The molecule has 0 bridgehead atoms. The molecule has 4 heterocycles. The molecule has 1 saturated heterocycles. The number of amides is 1. The summed E-state index contributed by atoms with van der Waals surface area (Å²) in [7, 11) is 5.40. The quantitative estimate of drug-likeness (QED) is 0.309. The van der Waals surface area contributed by atoms with Crippen molar-refractivity contribution in [1.82, 2.24) is 34.7 Å². The Bertz CT molecular complexity index is 1680. The van der Waals surface area contributed by atoms with Gasteiger partial charge in [0, 0.05) is 70.2 Å². The molecule has 2 fully saturated rings. The van der Waals surface area contributed by atoms with E-state index in [1.54, 1.807) is 13.3 Å². The molecule has 6 rings (SSSR count). The summed E-state index contributed by atoms with van der Waals surface area (Å²) in [5.74, 6) is 1.28. The summed E-state index contributed by atoms with van der Waals surface area (Å²) in [6.45, 7) is 3.67. The summed E-state index contributed by atoms with van der Waals surface area (Å²) in [6, 6.07) is 9.90. The van der Waals surface area contributed by atoms with Crippen LogP contribution in [-0.2, 0) is 11.2 Å². The molecule has 1 aromatic carbocycles. The van der Waals surface area contributed by atoms with E-state index in [1.807, 2.05) is 49.3 Å². The van der Waals surface area contributed by atoms with Crippen molar-refractivity contribution in [2.75, 3.05) is 52.3 Å². The molecule has 3 aromatic heterocycles. The zero-order valence-electron chi connectivity index (χ0n) is 25.1. The van der Waals surface area contributed by atoms with Gasteiger partial charge in [-0.25, -0.2) is 15.0 Å². The maximum atomic E-state index is 13.5. The summed E-state index contributed by atoms with van der Waals surface area (Å²) >= 11 is 0. The number of carbonyl (C=O) groups is 1. The molecular weight excluding hydrogens is 573 g/mol. The number of H-pyrrole nitrogens is 1. The van der Waals surface area contributed by atoms with E-state index in [9.17, 15) is 18.0 Å². The van der Waals surface area contributed by atoms with Crippen LogP contribution in [0, 0.1) is 5.41 Å². The number of benzene rings is 1. The molecule has 13 heteroatoms. The van der Waals surface area contributed by atoms with Gasteiger partial charge in [0.25, 0.3) is 0 Å². The third-order valence-corrected chi connectivity index (χ3v) is 8.74. The van der Waals surface area contributed by atoms with E-state index in [0.717, 1.165) is 33.7 Å². The zero-order valence-corrected chi connectivity index (χ0v) is 25.1. The van der Waals surface area contributed by atoms with Crippen molar-refractivity contribution in [1.29, 1.82) is 0 Å². The molecule has 10 nitrogen and oxygen atoms in total. The van der Waals surface area contributed by atoms with Gasteiger partial charge in [0.15, 0.2) is 11.6 Å². The number of ether oxygens (including phenoxy) is 1. The molecule has 1 amide bonds. The van der Waals surface area contributed by atoms with Gasteiger partial charge in [-0.1, -0.05) is 6.07 Å². The molecule has 1 aliphatic heterocycles. The second-order valence-electron chi connectivity index (χ2n) is 11.7. The van der Waals surface area contributed by atoms with E-state index in [0.29, 0.717) is 36.8 Å². The standard InChI is InChI=1S/C31H35F3N8O2/c1-19(41-11-13-42(14-12-41)29(43)30(8-9-30)31(32,33)34)20-7-10-35-22(15-20)17-25-38-23-6-5-21(16-24(23)39-25)26-27(44-4)28(40(2)3)37-18-36-26/h5-7,10,15-16,18-19H,8-9,11-14,17H2,1-4H3,(H,38,39). The lowest BCUT2D eigenvalue weighted by atomic mass is 10.0. The van der Waals surface area contributed by atoms with Crippen LogP contribution in [-0.4, -0.2) is 94.2 Å². The van der Waals surface area contributed by atoms with Gasteiger partial charge >= 0.3 is 6.18 Å². The number of hydrogen-bond acceptors (Lipinski definition) is 8. The van der Waals surface area contributed by atoms with E-state index < -0.39 is 17.5 Å². The van der Waals surface area contributed by atoms with Gasteiger partial charge in [-0.3, -0.25) is 14.7 Å². The number of nitrogens with one attached hydrogen (secondary N) is 1. The highest BCUT2D eigenvalue weighted by atomic mass is 19.4. The Morgan fingerprint density at radius 3 is 2.50 bits per heavy atom. The number of halogens is 3. The van der Waals surface area contributed by atoms with Crippen LogP contribution in [0.1, 0.15) is 42.9 Å². The molecule has 1 saturated carbocycles. The molecule has 0 radical (unpaired) electrons. The summed E-state index contributed by atoms with van der Waals surface area (Å²) in [6.07, 6.45) is -0.908. The highest BCUT2D eigenvalue weighted by Crippen LogP contribution is 2.58. The Morgan fingerprint density at radius 1 is 1.09 bits per heavy atom. The first-order chi connectivity index (χ1) is 21.0. The molecule has 1 N–H and O–H groups in total. The number of fused-ring (bicyclic) bond motifs is 1. The Morgan fingerprint density at radius 2 is 1.84 bits per heavy atom. The molecule has 2 aliphatic rings. The van der Waals surface area contributed by atoms with E-state index in [2.05, 4.69) is 31.8 Å². The molecule has 1 aliphatic carbocycles. The molecule has 0 spiro atoms. The van der Waals surface area contributed by atoms with Crippen LogP contribution in [0.25, 0.3) is 22.3 Å². The summed E-state index contributed by atoms with van der Waals surface area (Å²) in [5, 5.41) is 0. The third kappa shape index (κ3) is 5.44. The maximum Gasteiger partial charge on any atom is 0.403 e. The first-order valence-electron chi connectivity index (χ1n) is 14.6. The first-order valence-corrected chi connectivity index (χ1v) is 14.6. The van der Waals surface area contributed by atoms with Gasteiger partial charge in [-0.2, -0.15) is 13.2 Å². The van der Waals surface area contributed by atoms with Crippen molar-refractivity contribution in [3.05, 3.63) is 59.9 Å². The van der Waals surface area contributed by atoms with Crippen LogP contribution < -0.4 is 9.64 Å². The van der Waals surface area contributed by atoms with E-state index in [-0.39, 0.29) is 32.0 Å². The van der Waals surface area contributed by atoms with Crippen molar-refractivity contribution < 1.29 is 22.7 Å². The van der Waals surface area contributed by atoms with Crippen LogP contribution in [0.4, 0.5) is 19.0 Å². The fraction of sp³-hybridized carbons (Fsp3) is 0.452. The number of anilines is 1. The number of rotatable bonds is 8. The van der Waals surface area contributed by atoms with Crippen molar-refractivity contribution in [2.45, 2.75) is 38.4 Å². The van der Waals surface area contributed by atoms with Gasteiger partial charge < -0.3 is 19.5 Å². The summed E-state index contributed by atoms with van der Waals surface area (Å²) in [4.78, 5) is 39.7. The minimum atomic E-state index is -4.48. The van der Waals surface area contributed by atoms with E-state index >= 15 is 0 Å². The SMILES string of the molecule is COc1c(-c2ccc3nc(Cc4cc(C(C)N5CCN(C(=O)C6(C(F)(F)F)CC6)CC5)ccn4)[nH]c3c2)ncnc1N(C)C. The number of alkyl halides is 3. The molecule has 232 valence electrons. The first kappa shape index (κ1) is 29.8. The predicted molar refractivity (Wildman–Crippen MR) is 159 cm³/mol. The minimum absolute atomic E-state index is 0.0136. The Balaban J connectivity index is 1.13. The highest BCUT2D eigenvalue weighted by Gasteiger charge is 2.69. The Labute approximate surface area is 253 Å². The average Bonchev–Trinajstić information content (AvgIpc) is 3.75. The number of piperazine rings is 1. The lowest BCUT2D eigenvalue weighted by Gasteiger charge is -2.39. The van der Waals surface area contributed by atoms with Crippen molar-refractivity contribution >= 4 is 22.8 Å². The van der Waals surface area contributed by atoms with Gasteiger partial charge in [-0.05, 0) is 49.6 Å². The highest BCUT2D eigenvalue weighted by molar-refractivity contribution is 5.86. The maximum absolute atomic E-state index is 13.5. The van der Waals surface area contributed by atoms with Crippen LogP contribution in [0.5, 0.6) is 5.75 Å². The van der Waals surface area contributed by atoms with E-state index in [1.165, 1.54) is 11.2 Å². The van der Waals surface area contributed by atoms with E-state index in [4.69, 9.17) is 9.72 Å². The summed E-state index contributed by atoms with van der Waals surface area (Å²) in [5.41, 5.74) is 2.98. The fourth-order valence-corrected chi connectivity index (χ4v) is 5.96. The lowest BCUT2D eigenvalue weighted by Crippen LogP contribution is -2.53. The average molecular weight is 609 g/mol. The molecule has 44 heavy (non-hydrogen) atoms. The van der Waals surface area contributed by atoms with Crippen LogP contribution in [0.15, 0.2) is 42.9 Å². The largest absolute Gasteiger partial charge is 0.491 e. The van der Waals surface area contributed by atoms with Gasteiger partial charge in [-0.15, -0.1) is 0 Å². The second-order valence-corrected chi connectivity index (χ2v) is 11.7. The molecule has 4 aromatic rings. The summed E-state index contributed by atoms with van der Waals surface area (Å²) < 4.78 is 46.0. The minimum Gasteiger partial charge on any atom is -0.491 e. The predicted octanol–water partition coefficient (Wildman–Crippen LogP) is 4.63. The van der Waals surface area contributed by atoms with Gasteiger partial charge in [0.05, 0.1) is 18.1 Å². The zero-order chi connectivity index (χ0) is 31.2. The number of aromatic nitrogens is 5.